The summed E-state index contributed by atoms with van der Waals surface area (Å²) in [7, 11) is 0. The normalized spacial score (nSPS) is 21.0. The van der Waals surface area contributed by atoms with E-state index in [1.807, 2.05) is 55.1 Å². The van der Waals surface area contributed by atoms with E-state index in [1.165, 1.54) is 0 Å². The van der Waals surface area contributed by atoms with Crippen LogP contribution >= 0.6 is 0 Å². The van der Waals surface area contributed by atoms with E-state index in [-0.39, 0.29) is 18.1 Å². The molecule has 0 bridgehead atoms. The Balaban J connectivity index is 1.54. The number of amides is 1. The topological polar surface area (TPSA) is 54.7 Å². The van der Waals surface area contributed by atoms with E-state index in [9.17, 15) is 4.79 Å². The Morgan fingerprint density at radius 2 is 1.83 bits per heavy atom. The van der Waals surface area contributed by atoms with Gasteiger partial charge in [0, 0.05) is 25.2 Å². The molecule has 0 saturated carbocycles. The predicted molar refractivity (Wildman–Crippen MR) is 91.6 cm³/mol. The van der Waals surface area contributed by atoms with Crippen molar-refractivity contribution in [3.05, 3.63) is 59.5 Å². The number of carbonyl (C=O) groups is 1. The zero-order valence-electron chi connectivity index (χ0n) is 14.2. The van der Waals surface area contributed by atoms with Crippen LogP contribution in [0.4, 0.5) is 0 Å². The predicted octanol–water partition coefficient (Wildman–Crippen LogP) is 2.82. The average Bonchev–Trinajstić information content (AvgIpc) is 3.07. The van der Waals surface area contributed by atoms with Gasteiger partial charge in [0.25, 0.3) is 5.91 Å². The Kier molecular flexibility index (Phi) is 5.33. The van der Waals surface area contributed by atoms with Crippen molar-refractivity contribution in [1.82, 2.24) is 10.2 Å². The van der Waals surface area contributed by atoms with Crippen molar-refractivity contribution in [2.75, 3.05) is 13.1 Å². The van der Waals surface area contributed by atoms with Gasteiger partial charge < -0.3 is 19.4 Å². The maximum absolute atomic E-state index is 12.6. The van der Waals surface area contributed by atoms with Gasteiger partial charge >= 0.3 is 0 Å². The molecule has 0 radical (unpaired) electrons. The maximum atomic E-state index is 12.6. The first-order valence-corrected chi connectivity index (χ1v) is 8.38. The molecular weight excluding hydrogens is 304 g/mol. The van der Waals surface area contributed by atoms with Crippen molar-refractivity contribution in [1.29, 1.82) is 0 Å². The second-order valence-electron chi connectivity index (χ2n) is 6.35. The van der Waals surface area contributed by atoms with E-state index >= 15 is 0 Å². The minimum Gasteiger partial charge on any atom is -0.468 e. The molecule has 2 aromatic rings. The highest BCUT2D eigenvalue weighted by Crippen LogP contribution is 2.15. The lowest BCUT2D eigenvalue weighted by Crippen LogP contribution is -2.48. The van der Waals surface area contributed by atoms with Crippen LogP contribution in [0.15, 0.2) is 47.1 Å². The highest BCUT2D eigenvalue weighted by molar-refractivity contribution is 5.94. The Hall–Kier alpha value is -2.11. The molecule has 24 heavy (non-hydrogen) atoms. The first kappa shape index (κ1) is 16.7. The van der Waals surface area contributed by atoms with Gasteiger partial charge in [-0.3, -0.25) is 4.79 Å². The van der Waals surface area contributed by atoms with E-state index < -0.39 is 0 Å². The quantitative estimate of drug-likeness (QED) is 0.917. The molecule has 1 aromatic heterocycles. The van der Waals surface area contributed by atoms with Crippen LogP contribution in [0.5, 0.6) is 0 Å². The molecule has 1 fully saturated rings. The Bertz CT molecular complexity index is 642. The zero-order chi connectivity index (χ0) is 16.9. The summed E-state index contributed by atoms with van der Waals surface area (Å²) >= 11 is 0. The second-order valence-corrected chi connectivity index (χ2v) is 6.35. The van der Waals surface area contributed by atoms with Crippen molar-refractivity contribution >= 4 is 5.91 Å². The fraction of sp³-hybridized carbons (Fsp3) is 0.421. The average molecular weight is 328 g/mol. The first-order chi connectivity index (χ1) is 11.6. The molecule has 1 saturated heterocycles. The molecular formula is C19H24N2O3. The number of nitrogens with zero attached hydrogens (tertiary/aromatic N) is 1. The van der Waals surface area contributed by atoms with Gasteiger partial charge in [0.2, 0.25) is 0 Å². The van der Waals surface area contributed by atoms with E-state index in [0.29, 0.717) is 19.6 Å². The molecule has 0 aliphatic carbocycles. The maximum Gasteiger partial charge on any atom is 0.254 e. The molecule has 1 N–H and O–H groups in total. The summed E-state index contributed by atoms with van der Waals surface area (Å²) in [5.74, 6) is 0.990. The van der Waals surface area contributed by atoms with Crippen molar-refractivity contribution < 1.29 is 13.9 Å². The van der Waals surface area contributed by atoms with Crippen molar-refractivity contribution in [3.8, 4) is 0 Å². The van der Waals surface area contributed by atoms with Gasteiger partial charge in [0.1, 0.15) is 5.76 Å². The van der Waals surface area contributed by atoms with Crippen LogP contribution in [-0.2, 0) is 17.8 Å². The van der Waals surface area contributed by atoms with Gasteiger partial charge in [-0.15, -0.1) is 0 Å². The first-order valence-electron chi connectivity index (χ1n) is 8.38. The molecule has 5 heteroatoms. The van der Waals surface area contributed by atoms with E-state index in [4.69, 9.17) is 9.15 Å². The lowest BCUT2D eigenvalue weighted by molar-refractivity contribution is -0.0586. The fourth-order valence-corrected chi connectivity index (χ4v) is 3.03. The molecule has 2 unspecified atom stereocenters. The van der Waals surface area contributed by atoms with E-state index in [1.54, 1.807) is 6.26 Å². The fourth-order valence-electron chi connectivity index (χ4n) is 3.03. The molecule has 0 spiro atoms. The number of benzene rings is 1. The minimum absolute atomic E-state index is 0.0760. The van der Waals surface area contributed by atoms with Gasteiger partial charge in [-0.2, -0.15) is 0 Å². The molecule has 128 valence electrons. The molecule has 5 nitrogen and oxygen atoms in total. The van der Waals surface area contributed by atoms with Crippen LogP contribution in [0.3, 0.4) is 0 Å². The standard InChI is InChI=1S/C19H24N2O3/c1-14-12-21(13-15(2)24-14)19(22)17-7-5-16(6-8-17)10-20-11-18-4-3-9-23-18/h3-9,14-15,20H,10-13H2,1-2H3. The molecule has 2 atom stereocenters. The number of hydrogen-bond donors (Lipinski definition) is 1. The number of rotatable bonds is 5. The number of morpholine rings is 1. The van der Waals surface area contributed by atoms with Gasteiger partial charge in [-0.25, -0.2) is 0 Å². The third kappa shape index (κ3) is 4.24. The summed E-state index contributed by atoms with van der Waals surface area (Å²) in [5, 5.41) is 3.32. The summed E-state index contributed by atoms with van der Waals surface area (Å²) in [5.41, 5.74) is 1.87. The van der Waals surface area contributed by atoms with Gasteiger partial charge in [0.15, 0.2) is 0 Å². The third-order valence-electron chi connectivity index (χ3n) is 4.12. The minimum atomic E-state index is 0.0760. The Morgan fingerprint density at radius 3 is 2.46 bits per heavy atom. The Morgan fingerprint density at radius 1 is 1.12 bits per heavy atom. The summed E-state index contributed by atoms with van der Waals surface area (Å²) < 4.78 is 11.0. The SMILES string of the molecule is CC1CN(C(=O)c2ccc(CNCc3ccco3)cc2)CC(C)O1. The monoisotopic (exact) mass is 328 g/mol. The van der Waals surface area contributed by atoms with Crippen LogP contribution in [0.1, 0.15) is 35.5 Å². The zero-order valence-corrected chi connectivity index (χ0v) is 14.2. The molecule has 1 aromatic carbocycles. The van der Waals surface area contributed by atoms with Gasteiger partial charge in [-0.1, -0.05) is 12.1 Å². The van der Waals surface area contributed by atoms with Crippen molar-refractivity contribution in [2.24, 2.45) is 0 Å². The van der Waals surface area contributed by atoms with Crippen LogP contribution in [0, 0.1) is 0 Å². The molecule has 3 rings (SSSR count). The van der Waals surface area contributed by atoms with Crippen molar-refractivity contribution in [3.63, 3.8) is 0 Å². The highest BCUT2D eigenvalue weighted by atomic mass is 16.5. The summed E-state index contributed by atoms with van der Waals surface area (Å²) in [6, 6.07) is 11.6. The van der Waals surface area contributed by atoms with Gasteiger partial charge in [-0.05, 0) is 43.7 Å². The van der Waals surface area contributed by atoms with Crippen LogP contribution in [0.25, 0.3) is 0 Å². The number of hydrogen-bond acceptors (Lipinski definition) is 4. The second kappa shape index (κ2) is 7.64. The lowest BCUT2D eigenvalue weighted by atomic mass is 10.1. The van der Waals surface area contributed by atoms with E-state index in [0.717, 1.165) is 23.4 Å². The van der Waals surface area contributed by atoms with Crippen LogP contribution in [0.2, 0.25) is 0 Å². The number of nitrogens with one attached hydrogen (secondary N) is 1. The smallest absolute Gasteiger partial charge is 0.254 e. The van der Waals surface area contributed by atoms with Gasteiger partial charge in [0.05, 0.1) is 25.0 Å². The number of furan rings is 1. The summed E-state index contributed by atoms with van der Waals surface area (Å²) in [6.07, 6.45) is 1.84. The summed E-state index contributed by atoms with van der Waals surface area (Å²) in [4.78, 5) is 14.5. The molecule has 1 aliphatic rings. The van der Waals surface area contributed by atoms with E-state index in [2.05, 4.69) is 5.32 Å². The summed E-state index contributed by atoms with van der Waals surface area (Å²) in [6.45, 7) is 6.73. The Labute approximate surface area is 142 Å². The highest BCUT2D eigenvalue weighted by Gasteiger charge is 2.26. The molecule has 2 heterocycles. The third-order valence-corrected chi connectivity index (χ3v) is 4.12. The molecule has 1 amide bonds. The largest absolute Gasteiger partial charge is 0.468 e. The van der Waals surface area contributed by atoms with Crippen LogP contribution in [-0.4, -0.2) is 36.1 Å². The van der Waals surface area contributed by atoms with Crippen LogP contribution < -0.4 is 5.32 Å². The molecule has 1 aliphatic heterocycles. The lowest BCUT2D eigenvalue weighted by Gasteiger charge is -2.35. The number of carbonyl (C=O) groups excluding carboxylic acids is 1. The van der Waals surface area contributed by atoms with Crippen molar-refractivity contribution in [2.45, 2.75) is 39.1 Å². The number of ether oxygens (including phenoxy) is 1.